The summed E-state index contributed by atoms with van der Waals surface area (Å²) < 4.78 is 27.1. The van der Waals surface area contributed by atoms with Crippen LogP contribution in [0.2, 0.25) is 0 Å². The molecule has 2 rings (SSSR count). The molecule has 0 aliphatic heterocycles. The molecule has 1 aromatic carbocycles. The van der Waals surface area contributed by atoms with Crippen LogP contribution >= 0.6 is 11.3 Å². The van der Waals surface area contributed by atoms with Crippen LogP contribution in [0.5, 0.6) is 0 Å². The number of hydrogen-bond donors (Lipinski definition) is 1. The first-order valence-corrected chi connectivity index (χ1v) is 7.63. The summed E-state index contributed by atoms with van der Waals surface area (Å²) in [6, 6.07) is 7.68. The highest BCUT2D eigenvalue weighted by Crippen LogP contribution is 2.35. The smallest absolute Gasteiger partial charge is 0.132 e. The minimum absolute atomic E-state index is 0.246. The summed E-state index contributed by atoms with van der Waals surface area (Å²) in [7, 11) is 0. The summed E-state index contributed by atoms with van der Waals surface area (Å²) in [6.07, 6.45) is 0. The van der Waals surface area contributed by atoms with Gasteiger partial charge in [-0.1, -0.05) is 20.8 Å². The molecule has 0 amide bonds. The zero-order valence-corrected chi connectivity index (χ0v) is 12.7. The molecule has 1 nitrogen and oxygen atoms in total. The fourth-order valence-electron chi connectivity index (χ4n) is 2.24. The lowest BCUT2D eigenvalue weighted by Crippen LogP contribution is -2.24. The van der Waals surface area contributed by atoms with Gasteiger partial charge in [-0.15, -0.1) is 11.3 Å². The van der Waals surface area contributed by atoms with E-state index in [0.29, 0.717) is 11.5 Å². The molecule has 1 heterocycles. The van der Waals surface area contributed by atoms with Crippen LogP contribution in [0.15, 0.2) is 30.3 Å². The molecule has 108 valence electrons. The van der Waals surface area contributed by atoms with Gasteiger partial charge in [0.2, 0.25) is 0 Å². The van der Waals surface area contributed by atoms with Gasteiger partial charge < -0.3 is 5.32 Å². The molecule has 0 aliphatic carbocycles. The average Bonchev–Trinajstić information content (AvgIpc) is 2.87. The molecule has 0 bridgehead atoms. The molecule has 0 saturated carbocycles. The molecule has 0 saturated heterocycles. The number of rotatable bonds is 5. The predicted octanol–water partition coefficient (Wildman–Crippen LogP) is 5.00. The lowest BCUT2D eigenvalue weighted by Gasteiger charge is -2.20. The molecule has 4 heteroatoms. The van der Waals surface area contributed by atoms with E-state index in [1.165, 1.54) is 23.5 Å². The van der Waals surface area contributed by atoms with Crippen LogP contribution in [0.1, 0.15) is 31.7 Å². The van der Waals surface area contributed by atoms with Crippen molar-refractivity contribution in [2.45, 2.75) is 26.8 Å². The predicted molar refractivity (Wildman–Crippen MR) is 80.9 cm³/mol. The summed E-state index contributed by atoms with van der Waals surface area (Å²) >= 11 is 1.52. The van der Waals surface area contributed by atoms with Crippen LogP contribution in [-0.4, -0.2) is 6.54 Å². The quantitative estimate of drug-likeness (QED) is 0.818. The Morgan fingerprint density at radius 2 is 1.90 bits per heavy atom. The van der Waals surface area contributed by atoms with Gasteiger partial charge in [0.05, 0.1) is 0 Å². The Hall–Kier alpha value is -1.26. The molecular formula is C16H19F2NS. The number of thiophene rings is 1. The lowest BCUT2D eigenvalue weighted by molar-refractivity contribution is 0.428. The molecule has 0 radical (unpaired) electrons. The van der Waals surface area contributed by atoms with Gasteiger partial charge in [0, 0.05) is 21.4 Å². The summed E-state index contributed by atoms with van der Waals surface area (Å²) in [5.41, 5.74) is 0.334. The molecule has 20 heavy (non-hydrogen) atoms. The number of hydrogen-bond acceptors (Lipinski definition) is 2. The molecule has 1 N–H and O–H groups in total. The van der Waals surface area contributed by atoms with Crippen molar-refractivity contribution < 1.29 is 8.78 Å². The van der Waals surface area contributed by atoms with Crippen LogP contribution < -0.4 is 5.32 Å². The molecule has 2 aromatic rings. The lowest BCUT2D eigenvalue weighted by atomic mass is 10.0. The maximum atomic E-state index is 13.8. The molecule has 0 fully saturated rings. The SMILES string of the molecule is CCNC(c1ccc(-c2cc(F)ccc2F)s1)C(C)C. The van der Waals surface area contributed by atoms with E-state index in [-0.39, 0.29) is 11.9 Å². The molecule has 1 aromatic heterocycles. The van der Waals surface area contributed by atoms with Gasteiger partial charge in [-0.3, -0.25) is 0 Å². The Morgan fingerprint density at radius 1 is 1.15 bits per heavy atom. The van der Waals surface area contributed by atoms with Crippen molar-refractivity contribution in [3.05, 3.63) is 46.8 Å². The highest BCUT2D eigenvalue weighted by atomic mass is 32.1. The Kier molecular flexibility index (Phi) is 4.89. The van der Waals surface area contributed by atoms with Crippen LogP contribution in [0.3, 0.4) is 0 Å². The van der Waals surface area contributed by atoms with Gasteiger partial charge in [0.1, 0.15) is 11.6 Å². The van der Waals surface area contributed by atoms with Crippen LogP contribution in [-0.2, 0) is 0 Å². The van der Waals surface area contributed by atoms with Crippen molar-refractivity contribution in [1.29, 1.82) is 0 Å². The van der Waals surface area contributed by atoms with Crippen molar-refractivity contribution in [2.75, 3.05) is 6.54 Å². The van der Waals surface area contributed by atoms with Crippen molar-refractivity contribution in [3.8, 4) is 10.4 Å². The first-order chi connectivity index (χ1) is 9.52. The summed E-state index contributed by atoms with van der Waals surface area (Å²) in [6.45, 7) is 7.24. The topological polar surface area (TPSA) is 12.0 Å². The zero-order valence-electron chi connectivity index (χ0n) is 11.9. The Morgan fingerprint density at radius 3 is 2.55 bits per heavy atom. The van der Waals surface area contributed by atoms with E-state index in [0.717, 1.165) is 22.4 Å². The Labute approximate surface area is 122 Å². The summed E-state index contributed by atoms with van der Waals surface area (Å²) in [5, 5.41) is 3.43. The second kappa shape index (κ2) is 6.46. The van der Waals surface area contributed by atoms with Crippen molar-refractivity contribution in [1.82, 2.24) is 5.32 Å². The second-order valence-corrected chi connectivity index (χ2v) is 6.22. The minimum Gasteiger partial charge on any atom is -0.309 e. The van der Waals surface area contributed by atoms with Crippen molar-refractivity contribution in [2.24, 2.45) is 5.92 Å². The Bertz CT molecular complexity index is 578. The largest absolute Gasteiger partial charge is 0.309 e. The zero-order chi connectivity index (χ0) is 14.7. The van der Waals surface area contributed by atoms with Gasteiger partial charge in [-0.2, -0.15) is 0 Å². The first-order valence-electron chi connectivity index (χ1n) is 6.81. The van der Waals surface area contributed by atoms with Gasteiger partial charge in [0.15, 0.2) is 0 Å². The van der Waals surface area contributed by atoms with E-state index in [1.54, 1.807) is 0 Å². The van der Waals surface area contributed by atoms with Gasteiger partial charge in [-0.25, -0.2) is 8.78 Å². The van der Waals surface area contributed by atoms with E-state index in [1.807, 2.05) is 12.1 Å². The fraction of sp³-hybridized carbons (Fsp3) is 0.375. The molecule has 1 atom stereocenters. The maximum absolute atomic E-state index is 13.8. The van der Waals surface area contributed by atoms with E-state index >= 15 is 0 Å². The number of benzene rings is 1. The number of halogens is 2. The van der Waals surface area contributed by atoms with Crippen molar-refractivity contribution >= 4 is 11.3 Å². The fourth-order valence-corrected chi connectivity index (χ4v) is 3.51. The minimum atomic E-state index is -0.413. The number of nitrogens with one attached hydrogen (secondary N) is 1. The van der Waals surface area contributed by atoms with Crippen LogP contribution in [0, 0.1) is 17.6 Å². The monoisotopic (exact) mass is 295 g/mol. The summed E-state index contributed by atoms with van der Waals surface area (Å²) in [4.78, 5) is 1.92. The van der Waals surface area contributed by atoms with Crippen LogP contribution in [0.4, 0.5) is 8.78 Å². The maximum Gasteiger partial charge on any atom is 0.132 e. The summed E-state index contributed by atoms with van der Waals surface area (Å²) in [5.74, 6) is -0.355. The van der Waals surface area contributed by atoms with Gasteiger partial charge in [0.25, 0.3) is 0 Å². The van der Waals surface area contributed by atoms with E-state index in [9.17, 15) is 8.78 Å². The third kappa shape index (κ3) is 3.25. The standard InChI is InChI=1S/C16H19F2NS/c1-4-19-16(10(2)3)15-8-7-14(20-15)12-9-11(17)5-6-13(12)18/h5-10,16,19H,4H2,1-3H3. The van der Waals surface area contributed by atoms with Gasteiger partial charge in [-0.05, 0) is 42.8 Å². The Balaban J connectivity index is 2.34. The van der Waals surface area contributed by atoms with E-state index < -0.39 is 5.82 Å². The van der Waals surface area contributed by atoms with E-state index in [2.05, 4.69) is 26.1 Å². The third-order valence-corrected chi connectivity index (χ3v) is 4.42. The van der Waals surface area contributed by atoms with E-state index in [4.69, 9.17) is 0 Å². The normalized spacial score (nSPS) is 12.9. The van der Waals surface area contributed by atoms with Crippen molar-refractivity contribution in [3.63, 3.8) is 0 Å². The average molecular weight is 295 g/mol. The van der Waals surface area contributed by atoms with Gasteiger partial charge >= 0.3 is 0 Å². The molecule has 1 unspecified atom stereocenters. The van der Waals surface area contributed by atoms with Crippen LogP contribution in [0.25, 0.3) is 10.4 Å². The second-order valence-electron chi connectivity index (χ2n) is 5.11. The highest BCUT2D eigenvalue weighted by molar-refractivity contribution is 7.15. The highest BCUT2D eigenvalue weighted by Gasteiger charge is 2.18. The first kappa shape index (κ1) is 15.1. The molecular weight excluding hydrogens is 276 g/mol. The third-order valence-electron chi connectivity index (χ3n) is 3.22. The molecule has 0 spiro atoms. The molecule has 0 aliphatic rings.